The van der Waals surface area contributed by atoms with Crippen molar-refractivity contribution in [1.29, 1.82) is 5.26 Å². The summed E-state index contributed by atoms with van der Waals surface area (Å²) in [4.78, 5) is 27.5. The van der Waals surface area contributed by atoms with Crippen LogP contribution >= 0.6 is 0 Å². The Hall–Kier alpha value is -4.29. The minimum atomic E-state index is -1.63. The number of nitriles is 1. The van der Waals surface area contributed by atoms with Gasteiger partial charge in [-0.2, -0.15) is 5.26 Å². The lowest BCUT2D eigenvalue weighted by molar-refractivity contribution is -0.193. The summed E-state index contributed by atoms with van der Waals surface area (Å²) in [6.07, 6.45) is 6.05. The van der Waals surface area contributed by atoms with Crippen LogP contribution in [0.2, 0.25) is 0 Å². The van der Waals surface area contributed by atoms with E-state index in [1.807, 2.05) is 30.3 Å². The number of Topliss-reactive ketones (excluding diaryl/α,β-unsaturated/α-hetero) is 1. The van der Waals surface area contributed by atoms with Crippen LogP contribution in [0.1, 0.15) is 47.9 Å². The highest BCUT2D eigenvalue weighted by Gasteiger charge is 2.73. The van der Waals surface area contributed by atoms with Crippen LogP contribution in [0.15, 0.2) is 41.5 Å². The molecule has 5 aliphatic rings. The van der Waals surface area contributed by atoms with Gasteiger partial charge in [-0.25, -0.2) is 0 Å². The fourth-order valence-electron chi connectivity index (χ4n) is 8.66. The molecule has 0 spiro atoms. The van der Waals surface area contributed by atoms with Gasteiger partial charge in [-0.05, 0) is 43.5 Å². The smallest absolute Gasteiger partial charge is 0.219 e. The number of allylic oxidation sites excluding steroid dienone is 2. The topological polar surface area (TPSA) is 116 Å². The lowest BCUT2D eigenvalue weighted by atomic mass is 9.60. The third kappa shape index (κ3) is 3.59. The Balaban J connectivity index is 1.39. The third-order valence-electron chi connectivity index (χ3n) is 10.3. The number of benzene rings is 2. The standard InChI is InChI=1S/C34H34N2O7/c1-17(37)36-34-15-24(19-13-20-21(14-19)26(40-3)9-8-25(20)39-2)33(16-35,43-34)23-7-6-18-12-22-27(41-4)10-11-28(42-5)30(22)29(18)31(23)32(34)38/h6,8-11,13,23-24,29,31H,7,12,14-15H2,1-5H3,(H,36,37)/t23-,24+,29-,31-,33-,34-/m0/s1. The van der Waals surface area contributed by atoms with Crippen molar-refractivity contribution in [2.45, 2.75) is 49.9 Å². The maximum atomic E-state index is 14.8. The fraction of sp³-hybridized carbons (Fsp3) is 0.441. The van der Waals surface area contributed by atoms with E-state index in [1.165, 1.54) is 6.92 Å². The van der Waals surface area contributed by atoms with Gasteiger partial charge in [-0.1, -0.05) is 23.3 Å². The molecule has 0 radical (unpaired) electrons. The minimum absolute atomic E-state index is 0.167. The Labute approximate surface area is 250 Å². The van der Waals surface area contributed by atoms with Crippen LogP contribution in [0.4, 0.5) is 0 Å². The number of rotatable bonds is 6. The molecule has 0 aromatic heterocycles. The van der Waals surface area contributed by atoms with E-state index in [2.05, 4.69) is 17.5 Å². The zero-order chi connectivity index (χ0) is 30.3. The second kappa shape index (κ2) is 9.61. The van der Waals surface area contributed by atoms with Crippen molar-refractivity contribution >= 4 is 17.8 Å². The third-order valence-corrected chi connectivity index (χ3v) is 10.3. The largest absolute Gasteiger partial charge is 0.496 e. The van der Waals surface area contributed by atoms with E-state index >= 15 is 0 Å². The van der Waals surface area contributed by atoms with Crippen LogP contribution in [-0.2, 0) is 27.2 Å². The number of fused-ring (bicyclic) bond motifs is 9. The molecule has 2 aromatic rings. The molecule has 2 saturated heterocycles. The van der Waals surface area contributed by atoms with Crippen molar-refractivity contribution in [1.82, 2.24) is 5.32 Å². The molecule has 222 valence electrons. The minimum Gasteiger partial charge on any atom is -0.496 e. The molecule has 1 N–H and O–H groups in total. The Morgan fingerprint density at radius 3 is 2.23 bits per heavy atom. The molecule has 2 aromatic carbocycles. The summed E-state index contributed by atoms with van der Waals surface area (Å²) in [5.41, 5.74) is 2.86. The Morgan fingerprint density at radius 2 is 1.58 bits per heavy atom. The van der Waals surface area contributed by atoms with Crippen LogP contribution in [0.5, 0.6) is 23.0 Å². The number of amides is 1. The second-order valence-corrected chi connectivity index (χ2v) is 12.1. The molecule has 2 heterocycles. The molecule has 2 bridgehead atoms. The first kappa shape index (κ1) is 27.5. The van der Waals surface area contributed by atoms with Crippen molar-refractivity contribution in [3.8, 4) is 29.1 Å². The van der Waals surface area contributed by atoms with E-state index in [0.717, 1.165) is 44.9 Å². The first-order valence-electron chi connectivity index (χ1n) is 14.6. The van der Waals surface area contributed by atoms with Crippen molar-refractivity contribution in [3.05, 3.63) is 63.7 Å². The molecule has 6 atom stereocenters. The maximum Gasteiger partial charge on any atom is 0.219 e. The number of nitrogens with one attached hydrogen (secondary N) is 1. The van der Waals surface area contributed by atoms with Crippen molar-refractivity contribution in [2.75, 3.05) is 28.4 Å². The zero-order valence-corrected chi connectivity index (χ0v) is 24.9. The van der Waals surface area contributed by atoms with Crippen molar-refractivity contribution < 1.29 is 33.3 Å². The fourth-order valence-corrected chi connectivity index (χ4v) is 8.66. The van der Waals surface area contributed by atoms with Gasteiger partial charge in [0.25, 0.3) is 0 Å². The number of hydrogen-bond donors (Lipinski definition) is 1. The predicted octanol–water partition coefficient (Wildman–Crippen LogP) is 4.28. The predicted molar refractivity (Wildman–Crippen MR) is 156 cm³/mol. The number of carbonyl (C=O) groups excluding carboxylic acids is 2. The molecule has 9 nitrogen and oxygen atoms in total. The van der Waals surface area contributed by atoms with Gasteiger partial charge in [0.1, 0.15) is 23.0 Å². The molecule has 0 saturated carbocycles. The number of hydrogen-bond acceptors (Lipinski definition) is 8. The molecule has 3 aliphatic carbocycles. The summed E-state index contributed by atoms with van der Waals surface area (Å²) in [5, 5.41) is 14.0. The van der Waals surface area contributed by atoms with Gasteiger partial charge < -0.3 is 29.0 Å². The van der Waals surface area contributed by atoms with Crippen LogP contribution in [0.3, 0.4) is 0 Å². The van der Waals surface area contributed by atoms with Gasteiger partial charge in [-0.3, -0.25) is 9.59 Å². The second-order valence-electron chi connectivity index (χ2n) is 12.1. The van der Waals surface area contributed by atoms with Gasteiger partial charge in [-0.15, -0.1) is 0 Å². The molecule has 2 fully saturated rings. The summed E-state index contributed by atoms with van der Waals surface area (Å²) < 4.78 is 29.5. The average molecular weight is 583 g/mol. The summed E-state index contributed by atoms with van der Waals surface area (Å²) in [7, 11) is 6.52. The summed E-state index contributed by atoms with van der Waals surface area (Å²) >= 11 is 0. The number of carbonyl (C=O) groups is 2. The summed E-state index contributed by atoms with van der Waals surface area (Å²) in [6, 6.07) is 10.1. The highest BCUT2D eigenvalue weighted by molar-refractivity contribution is 5.96. The van der Waals surface area contributed by atoms with Gasteiger partial charge in [0.15, 0.2) is 11.4 Å². The van der Waals surface area contributed by atoms with Crippen molar-refractivity contribution in [2.24, 2.45) is 17.8 Å². The molecular weight excluding hydrogens is 548 g/mol. The quantitative estimate of drug-likeness (QED) is 0.502. The van der Waals surface area contributed by atoms with Gasteiger partial charge in [0, 0.05) is 59.3 Å². The zero-order valence-electron chi connectivity index (χ0n) is 24.9. The Morgan fingerprint density at radius 1 is 0.953 bits per heavy atom. The summed E-state index contributed by atoms with van der Waals surface area (Å²) in [5.74, 6) is 0.478. The van der Waals surface area contributed by atoms with Crippen LogP contribution < -0.4 is 24.3 Å². The van der Waals surface area contributed by atoms with E-state index in [9.17, 15) is 14.9 Å². The molecular formula is C34H34N2O7. The highest BCUT2D eigenvalue weighted by atomic mass is 16.6. The monoisotopic (exact) mass is 582 g/mol. The van der Waals surface area contributed by atoms with E-state index in [4.69, 9.17) is 23.7 Å². The van der Waals surface area contributed by atoms with E-state index in [0.29, 0.717) is 30.8 Å². The van der Waals surface area contributed by atoms with Crippen LogP contribution in [-0.4, -0.2) is 51.5 Å². The molecule has 0 unspecified atom stereocenters. The normalized spacial score (nSPS) is 31.0. The SMILES string of the molecule is COc1ccc(OC)c2c1C=C([C@H]1C[C@]3(NC(C)=O)O[C@@]1(C#N)[C@H]1CC=C4Cc5c(OC)ccc(OC)c5[C@H]4[C@H]1C3=O)C2. The van der Waals surface area contributed by atoms with E-state index in [-0.39, 0.29) is 24.0 Å². The lowest BCUT2D eigenvalue weighted by Gasteiger charge is -2.50. The number of ether oxygens (including phenoxy) is 5. The molecule has 43 heavy (non-hydrogen) atoms. The molecule has 7 rings (SSSR count). The highest BCUT2D eigenvalue weighted by Crippen LogP contribution is 2.65. The molecule has 2 aliphatic heterocycles. The maximum absolute atomic E-state index is 14.8. The number of methoxy groups -OCH3 is 4. The van der Waals surface area contributed by atoms with Crippen LogP contribution in [0, 0.1) is 29.1 Å². The average Bonchev–Trinajstić information content (AvgIpc) is 3.70. The van der Waals surface area contributed by atoms with Gasteiger partial charge >= 0.3 is 0 Å². The summed E-state index contributed by atoms with van der Waals surface area (Å²) in [6.45, 7) is 1.38. The molecule has 9 heteroatoms. The number of nitrogens with zero attached hydrogens (tertiary/aromatic N) is 1. The van der Waals surface area contributed by atoms with Gasteiger partial charge in [0.05, 0.1) is 34.5 Å². The van der Waals surface area contributed by atoms with E-state index in [1.54, 1.807) is 28.4 Å². The Kier molecular flexibility index (Phi) is 6.16. The molecule has 1 amide bonds. The first-order chi connectivity index (χ1) is 20.7. The Bertz CT molecular complexity index is 1690. The lowest BCUT2D eigenvalue weighted by Crippen LogP contribution is -2.65. The van der Waals surface area contributed by atoms with Crippen molar-refractivity contribution in [3.63, 3.8) is 0 Å². The van der Waals surface area contributed by atoms with E-state index < -0.39 is 29.1 Å². The number of ketones is 1. The first-order valence-corrected chi connectivity index (χ1v) is 14.6. The van der Waals surface area contributed by atoms with Gasteiger partial charge in [0.2, 0.25) is 11.6 Å². The van der Waals surface area contributed by atoms with Crippen LogP contribution in [0.25, 0.3) is 6.08 Å².